The topological polar surface area (TPSA) is 42.4 Å². The molecular formula is C14H14FNO2S. The normalized spacial score (nSPS) is 12.2. The van der Waals surface area contributed by atoms with Gasteiger partial charge in [-0.15, -0.1) is 11.8 Å². The van der Waals surface area contributed by atoms with Gasteiger partial charge in [0.15, 0.2) is 0 Å². The predicted octanol–water partition coefficient (Wildman–Crippen LogP) is 3.06. The molecule has 0 fully saturated rings. The van der Waals surface area contributed by atoms with Gasteiger partial charge in [0.2, 0.25) is 0 Å². The second-order valence-electron chi connectivity index (χ2n) is 3.92. The summed E-state index contributed by atoms with van der Waals surface area (Å²) in [4.78, 5) is 4.51. The summed E-state index contributed by atoms with van der Waals surface area (Å²) in [5, 5.41) is 10.1. The number of ether oxygens (including phenoxy) is 1. The van der Waals surface area contributed by atoms with E-state index in [0.717, 1.165) is 0 Å². The molecule has 0 radical (unpaired) electrons. The first-order valence-electron chi connectivity index (χ1n) is 5.75. The van der Waals surface area contributed by atoms with Crippen LogP contribution in [-0.4, -0.2) is 23.0 Å². The first-order chi connectivity index (χ1) is 9.20. The molecule has 100 valence electrons. The van der Waals surface area contributed by atoms with Crippen molar-refractivity contribution in [1.29, 1.82) is 0 Å². The van der Waals surface area contributed by atoms with E-state index < -0.39 is 6.10 Å². The zero-order valence-electron chi connectivity index (χ0n) is 10.4. The molecule has 1 heterocycles. The number of thioether (sulfide) groups is 1. The largest absolute Gasteiger partial charge is 0.495 e. The van der Waals surface area contributed by atoms with Crippen LogP contribution in [0, 0.1) is 5.82 Å². The van der Waals surface area contributed by atoms with Crippen molar-refractivity contribution in [3.8, 4) is 5.75 Å². The Labute approximate surface area is 115 Å². The van der Waals surface area contributed by atoms with Gasteiger partial charge >= 0.3 is 0 Å². The number of aromatic nitrogens is 1. The van der Waals surface area contributed by atoms with Crippen LogP contribution in [-0.2, 0) is 0 Å². The Morgan fingerprint density at radius 2 is 2.16 bits per heavy atom. The Balaban J connectivity index is 2.01. The summed E-state index contributed by atoms with van der Waals surface area (Å²) >= 11 is 1.27. The molecule has 0 saturated heterocycles. The summed E-state index contributed by atoms with van der Waals surface area (Å²) in [5.74, 6) is 0.673. The average Bonchev–Trinajstić information content (AvgIpc) is 2.46. The standard InChI is InChI=1S/C14H14FNO2S/c1-18-11-6-10(7-16-8-11)13(17)9-19-14-5-3-2-4-12(14)15/h2-8,13,17H,9H2,1H3. The molecule has 1 aromatic carbocycles. The molecule has 5 heteroatoms. The molecule has 19 heavy (non-hydrogen) atoms. The molecule has 1 atom stereocenters. The van der Waals surface area contributed by atoms with Crippen molar-refractivity contribution < 1.29 is 14.2 Å². The van der Waals surface area contributed by atoms with Crippen molar-refractivity contribution in [2.75, 3.05) is 12.9 Å². The van der Waals surface area contributed by atoms with E-state index in [2.05, 4.69) is 4.98 Å². The second-order valence-corrected chi connectivity index (χ2v) is 4.98. The van der Waals surface area contributed by atoms with E-state index in [4.69, 9.17) is 4.74 Å². The highest BCUT2D eigenvalue weighted by Gasteiger charge is 2.11. The zero-order valence-corrected chi connectivity index (χ0v) is 11.2. The smallest absolute Gasteiger partial charge is 0.137 e. The molecule has 0 aliphatic carbocycles. The molecule has 1 unspecified atom stereocenters. The lowest BCUT2D eigenvalue weighted by Crippen LogP contribution is -2.02. The van der Waals surface area contributed by atoms with E-state index in [1.54, 1.807) is 43.8 Å². The summed E-state index contributed by atoms with van der Waals surface area (Å²) in [6, 6.07) is 8.23. The van der Waals surface area contributed by atoms with Gasteiger partial charge in [-0.25, -0.2) is 4.39 Å². The van der Waals surface area contributed by atoms with Crippen molar-refractivity contribution in [2.24, 2.45) is 0 Å². The van der Waals surface area contributed by atoms with E-state index in [0.29, 0.717) is 22.0 Å². The van der Waals surface area contributed by atoms with E-state index >= 15 is 0 Å². The number of aliphatic hydroxyl groups is 1. The van der Waals surface area contributed by atoms with E-state index in [-0.39, 0.29) is 5.82 Å². The van der Waals surface area contributed by atoms with Crippen molar-refractivity contribution in [3.05, 3.63) is 54.1 Å². The molecule has 3 nitrogen and oxygen atoms in total. The quantitative estimate of drug-likeness (QED) is 0.854. The Hall–Kier alpha value is -1.59. The van der Waals surface area contributed by atoms with Gasteiger partial charge in [-0.1, -0.05) is 12.1 Å². The number of halogens is 1. The zero-order chi connectivity index (χ0) is 13.7. The van der Waals surface area contributed by atoms with Gasteiger partial charge in [0.05, 0.1) is 19.4 Å². The molecule has 1 N–H and O–H groups in total. The molecule has 0 amide bonds. The molecule has 2 aromatic rings. The molecule has 0 aliphatic rings. The third-order valence-electron chi connectivity index (χ3n) is 2.59. The van der Waals surface area contributed by atoms with Crippen molar-refractivity contribution >= 4 is 11.8 Å². The highest BCUT2D eigenvalue weighted by molar-refractivity contribution is 7.99. The number of methoxy groups -OCH3 is 1. The van der Waals surface area contributed by atoms with Gasteiger partial charge in [-0.05, 0) is 18.2 Å². The minimum atomic E-state index is -0.716. The van der Waals surface area contributed by atoms with E-state index in [9.17, 15) is 9.50 Å². The van der Waals surface area contributed by atoms with Gasteiger partial charge in [0.1, 0.15) is 11.6 Å². The first-order valence-corrected chi connectivity index (χ1v) is 6.73. The van der Waals surface area contributed by atoms with Gasteiger partial charge in [-0.3, -0.25) is 4.98 Å². The lowest BCUT2D eigenvalue weighted by atomic mass is 10.2. The fourth-order valence-electron chi connectivity index (χ4n) is 1.56. The first kappa shape index (κ1) is 13.8. The fraction of sp³-hybridized carbons (Fsp3) is 0.214. The summed E-state index contributed by atoms with van der Waals surface area (Å²) < 4.78 is 18.5. The van der Waals surface area contributed by atoms with E-state index in [1.165, 1.54) is 17.8 Å². The van der Waals surface area contributed by atoms with Crippen molar-refractivity contribution in [2.45, 2.75) is 11.0 Å². The number of nitrogens with zero attached hydrogens (tertiary/aromatic N) is 1. The van der Waals surface area contributed by atoms with Gasteiger partial charge in [0, 0.05) is 22.4 Å². The maximum atomic E-state index is 13.4. The fourth-order valence-corrected chi connectivity index (χ4v) is 2.47. The number of benzene rings is 1. The van der Waals surface area contributed by atoms with Crippen LogP contribution in [0.5, 0.6) is 5.75 Å². The van der Waals surface area contributed by atoms with Crippen LogP contribution < -0.4 is 4.74 Å². The van der Waals surface area contributed by atoms with Crippen LogP contribution in [0.3, 0.4) is 0 Å². The van der Waals surface area contributed by atoms with Crippen LogP contribution in [0.25, 0.3) is 0 Å². The number of rotatable bonds is 5. The Kier molecular flexibility index (Phi) is 4.76. The summed E-state index contributed by atoms with van der Waals surface area (Å²) in [7, 11) is 1.54. The Morgan fingerprint density at radius 3 is 2.89 bits per heavy atom. The van der Waals surface area contributed by atoms with Crippen LogP contribution >= 0.6 is 11.8 Å². The molecule has 0 saturated carbocycles. The molecule has 0 bridgehead atoms. The summed E-state index contributed by atoms with van der Waals surface area (Å²) in [6.45, 7) is 0. The number of hydrogen-bond donors (Lipinski definition) is 1. The third-order valence-corrected chi connectivity index (χ3v) is 3.71. The monoisotopic (exact) mass is 279 g/mol. The van der Waals surface area contributed by atoms with Crippen LogP contribution in [0.15, 0.2) is 47.6 Å². The molecular weight excluding hydrogens is 265 g/mol. The Bertz CT molecular complexity index is 550. The molecule has 0 aliphatic heterocycles. The number of hydrogen-bond acceptors (Lipinski definition) is 4. The minimum Gasteiger partial charge on any atom is -0.495 e. The molecule has 2 rings (SSSR count). The average molecular weight is 279 g/mol. The second kappa shape index (κ2) is 6.54. The number of aliphatic hydroxyl groups excluding tert-OH is 1. The Morgan fingerprint density at radius 1 is 1.37 bits per heavy atom. The van der Waals surface area contributed by atoms with Gasteiger partial charge < -0.3 is 9.84 Å². The SMILES string of the molecule is COc1cncc(C(O)CSc2ccccc2F)c1. The highest BCUT2D eigenvalue weighted by atomic mass is 32.2. The van der Waals surface area contributed by atoms with Gasteiger partial charge in [-0.2, -0.15) is 0 Å². The van der Waals surface area contributed by atoms with Crippen LogP contribution in [0.2, 0.25) is 0 Å². The van der Waals surface area contributed by atoms with Crippen LogP contribution in [0.1, 0.15) is 11.7 Å². The maximum Gasteiger partial charge on any atom is 0.137 e. The maximum absolute atomic E-state index is 13.4. The summed E-state index contributed by atoms with van der Waals surface area (Å²) in [6.07, 6.45) is 2.43. The minimum absolute atomic E-state index is 0.275. The summed E-state index contributed by atoms with van der Waals surface area (Å²) in [5.41, 5.74) is 0.656. The van der Waals surface area contributed by atoms with E-state index in [1.807, 2.05) is 0 Å². The van der Waals surface area contributed by atoms with Gasteiger partial charge in [0.25, 0.3) is 0 Å². The predicted molar refractivity (Wildman–Crippen MR) is 72.9 cm³/mol. The van der Waals surface area contributed by atoms with Crippen molar-refractivity contribution in [3.63, 3.8) is 0 Å². The van der Waals surface area contributed by atoms with Crippen LogP contribution in [0.4, 0.5) is 4.39 Å². The van der Waals surface area contributed by atoms with Crippen molar-refractivity contribution in [1.82, 2.24) is 4.98 Å². The third kappa shape index (κ3) is 3.68. The number of pyridine rings is 1. The lowest BCUT2D eigenvalue weighted by Gasteiger charge is -2.11. The highest BCUT2D eigenvalue weighted by Crippen LogP contribution is 2.27. The molecule has 0 spiro atoms. The molecule has 1 aromatic heterocycles. The lowest BCUT2D eigenvalue weighted by molar-refractivity contribution is 0.203.